The highest BCUT2D eigenvalue weighted by atomic mass is 16.3. The molecule has 0 unspecified atom stereocenters. The number of pyridine rings is 1. The van der Waals surface area contributed by atoms with Gasteiger partial charge in [-0.15, -0.1) is 0 Å². The summed E-state index contributed by atoms with van der Waals surface area (Å²) in [5, 5.41) is 19.6. The van der Waals surface area contributed by atoms with Gasteiger partial charge in [-0.05, 0) is 35.9 Å². The third-order valence-electron chi connectivity index (χ3n) is 3.18. The Morgan fingerprint density at radius 2 is 1.86 bits per heavy atom. The molecule has 0 atom stereocenters. The van der Waals surface area contributed by atoms with Gasteiger partial charge in [0.05, 0.1) is 17.3 Å². The van der Waals surface area contributed by atoms with Crippen LogP contribution >= 0.6 is 0 Å². The van der Waals surface area contributed by atoms with Gasteiger partial charge in [0, 0.05) is 5.39 Å². The van der Waals surface area contributed by atoms with E-state index >= 15 is 0 Å². The molecule has 0 aliphatic heterocycles. The van der Waals surface area contributed by atoms with Crippen LogP contribution < -0.4 is 0 Å². The summed E-state index contributed by atoms with van der Waals surface area (Å²) in [5.74, 6) is 0.175. The van der Waals surface area contributed by atoms with Crippen molar-refractivity contribution in [3.05, 3.63) is 71.4 Å². The van der Waals surface area contributed by atoms with E-state index in [0.717, 1.165) is 16.6 Å². The normalized spacial score (nSPS) is 10.8. The summed E-state index contributed by atoms with van der Waals surface area (Å²) in [6.45, 7) is 0. The number of hydrogen-bond donors (Lipinski definition) is 1. The fourth-order valence-electron chi connectivity index (χ4n) is 2.13. The van der Waals surface area contributed by atoms with Crippen LogP contribution in [-0.2, 0) is 0 Å². The van der Waals surface area contributed by atoms with E-state index in [4.69, 9.17) is 5.26 Å². The number of rotatable bonds is 2. The molecule has 100 valence electrons. The van der Waals surface area contributed by atoms with Gasteiger partial charge in [0.2, 0.25) is 0 Å². The van der Waals surface area contributed by atoms with Crippen molar-refractivity contribution in [3.8, 4) is 11.8 Å². The van der Waals surface area contributed by atoms with Gasteiger partial charge in [-0.25, -0.2) is 4.98 Å². The van der Waals surface area contributed by atoms with Crippen LogP contribution in [0.15, 0.2) is 54.6 Å². The van der Waals surface area contributed by atoms with Crippen molar-refractivity contribution >= 4 is 23.1 Å². The molecule has 1 N–H and O–H groups in total. The van der Waals surface area contributed by atoms with Crippen LogP contribution in [0.25, 0.3) is 23.1 Å². The van der Waals surface area contributed by atoms with Crippen LogP contribution in [0, 0.1) is 11.3 Å². The van der Waals surface area contributed by atoms with Gasteiger partial charge in [0.25, 0.3) is 0 Å². The van der Waals surface area contributed by atoms with Gasteiger partial charge in [-0.3, -0.25) is 0 Å². The molecule has 0 fully saturated rings. The molecule has 3 aromatic rings. The minimum Gasteiger partial charge on any atom is -0.506 e. The molecule has 1 heterocycles. The van der Waals surface area contributed by atoms with Gasteiger partial charge in [-0.1, -0.05) is 36.4 Å². The number of hydrogen-bond acceptors (Lipinski definition) is 3. The van der Waals surface area contributed by atoms with Crippen molar-refractivity contribution < 1.29 is 5.11 Å². The molecule has 0 amide bonds. The molecular formula is C18H12N2O. The largest absolute Gasteiger partial charge is 0.506 e. The van der Waals surface area contributed by atoms with Crippen molar-refractivity contribution in [3.63, 3.8) is 0 Å². The molecule has 3 heteroatoms. The van der Waals surface area contributed by atoms with Gasteiger partial charge < -0.3 is 5.11 Å². The van der Waals surface area contributed by atoms with Crippen molar-refractivity contribution in [1.29, 1.82) is 5.26 Å². The second-order valence-electron chi connectivity index (χ2n) is 4.66. The molecule has 1 aromatic heterocycles. The second kappa shape index (κ2) is 5.48. The SMILES string of the molecule is N#Cc1cccc(/C=C/c2ccc3cccc(O)c3n2)c1. The number of para-hydroxylation sites is 1. The highest BCUT2D eigenvalue weighted by Gasteiger charge is 2.00. The highest BCUT2D eigenvalue weighted by molar-refractivity contribution is 5.85. The number of nitriles is 1. The van der Waals surface area contributed by atoms with Crippen LogP contribution in [0.3, 0.4) is 0 Å². The van der Waals surface area contributed by atoms with Crippen LogP contribution in [0.5, 0.6) is 5.75 Å². The Kier molecular flexibility index (Phi) is 3.36. The molecule has 0 saturated heterocycles. The van der Waals surface area contributed by atoms with E-state index in [-0.39, 0.29) is 5.75 Å². The molecule has 21 heavy (non-hydrogen) atoms. The first-order valence-electron chi connectivity index (χ1n) is 6.53. The topological polar surface area (TPSA) is 56.9 Å². The number of benzene rings is 2. The summed E-state index contributed by atoms with van der Waals surface area (Å²) in [6, 6.07) is 18.6. The van der Waals surface area contributed by atoms with Crippen molar-refractivity contribution in [2.24, 2.45) is 0 Å². The van der Waals surface area contributed by atoms with E-state index in [9.17, 15) is 5.11 Å². The number of phenolic OH excluding ortho intramolecular Hbond substituents is 1. The third-order valence-corrected chi connectivity index (χ3v) is 3.18. The molecule has 2 aromatic carbocycles. The Balaban J connectivity index is 1.96. The Bertz CT molecular complexity index is 876. The summed E-state index contributed by atoms with van der Waals surface area (Å²) >= 11 is 0. The lowest BCUT2D eigenvalue weighted by Crippen LogP contribution is -1.84. The van der Waals surface area contributed by atoms with E-state index in [2.05, 4.69) is 11.1 Å². The third kappa shape index (κ3) is 2.75. The summed E-state index contributed by atoms with van der Waals surface area (Å²) < 4.78 is 0. The fourth-order valence-corrected chi connectivity index (χ4v) is 2.13. The summed E-state index contributed by atoms with van der Waals surface area (Å²) in [4.78, 5) is 4.43. The molecule has 0 spiro atoms. The van der Waals surface area contributed by atoms with Gasteiger partial charge in [-0.2, -0.15) is 5.26 Å². The van der Waals surface area contributed by atoms with Crippen LogP contribution in [0.4, 0.5) is 0 Å². The zero-order valence-corrected chi connectivity index (χ0v) is 11.2. The van der Waals surface area contributed by atoms with Crippen LogP contribution in [0.1, 0.15) is 16.8 Å². The zero-order valence-electron chi connectivity index (χ0n) is 11.2. The van der Waals surface area contributed by atoms with Crippen molar-refractivity contribution in [2.45, 2.75) is 0 Å². The Morgan fingerprint density at radius 1 is 1.00 bits per heavy atom. The van der Waals surface area contributed by atoms with Crippen LogP contribution in [-0.4, -0.2) is 10.1 Å². The number of fused-ring (bicyclic) bond motifs is 1. The maximum absolute atomic E-state index is 9.83. The summed E-state index contributed by atoms with van der Waals surface area (Å²) in [5.41, 5.74) is 2.91. The van der Waals surface area contributed by atoms with Crippen LogP contribution in [0.2, 0.25) is 0 Å². The van der Waals surface area contributed by atoms with E-state index < -0.39 is 0 Å². The first-order chi connectivity index (χ1) is 10.3. The predicted molar refractivity (Wildman–Crippen MR) is 83.5 cm³/mol. The van der Waals surface area contributed by atoms with Gasteiger partial charge in [0.15, 0.2) is 0 Å². The summed E-state index contributed by atoms with van der Waals surface area (Å²) in [7, 11) is 0. The molecule has 3 rings (SSSR count). The number of phenols is 1. The molecule has 0 saturated carbocycles. The molecule has 0 aliphatic rings. The predicted octanol–water partition coefficient (Wildman–Crippen LogP) is 3.98. The van der Waals surface area contributed by atoms with Gasteiger partial charge >= 0.3 is 0 Å². The van der Waals surface area contributed by atoms with E-state index in [1.807, 2.05) is 48.6 Å². The van der Waals surface area contributed by atoms with Crippen molar-refractivity contribution in [2.75, 3.05) is 0 Å². The second-order valence-corrected chi connectivity index (χ2v) is 4.66. The number of aromatic hydroxyl groups is 1. The van der Waals surface area contributed by atoms with Crippen molar-refractivity contribution in [1.82, 2.24) is 4.98 Å². The zero-order chi connectivity index (χ0) is 14.7. The molecule has 0 aliphatic carbocycles. The standard InChI is InChI=1S/C18H12N2O/c19-12-14-4-1-3-13(11-14)7-9-16-10-8-15-5-2-6-17(21)18(15)20-16/h1-11,21H/b9-7+. The minimum atomic E-state index is 0.175. The lowest BCUT2D eigenvalue weighted by atomic mass is 10.1. The van der Waals surface area contributed by atoms with E-state index in [0.29, 0.717) is 11.1 Å². The Hall–Kier alpha value is -3.12. The lowest BCUT2D eigenvalue weighted by Gasteiger charge is -2.01. The first-order valence-corrected chi connectivity index (χ1v) is 6.53. The molecule has 0 bridgehead atoms. The fraction of sp³-hybridized carbons (Fsp3) is 0. The maximum atomic E-state index is 9.83. The maximum Gasteiger partial charge on any atom is 0.141 e. The highest BCUT2D eigenvalue weighted by Crippen LogP contribution is 2.22. The Labute approximate surface area is 122 Å². The lowest BCUT2D eigenvalue weighted by molar-refractivity contribution is 0.480. The smallest absolute Gasteiger partial charge is 0.141 e. The average molecular weight is 272 g/mol. The van der Waals surface area contributed by atoms with Gasteiger partial charge in [0.1, 0.15) is 11.3 Å². The first kappa shape index (κ1) is 12.9. The minimum absolute atomic E-state index is 0.175. The average Bonchev–Trinajstić information content (AvgIpc) is 2.54. The number of aromatic nitrogens is 1. The Morgan fingerprint density at radius 3 is 2.71 bits per heavy atom. The number of nitrogens with zero attached hydrogens (tertiary/aromatic N) is 2. The quantitative estimate of drug-likeness (QED) is 0.767. The molecule has 3 nitrogen and oxygen atoms in total. The summed E-state index contributed by atoms with van der Waals surface area (Å²) in [6.07, 6.45) is 3.76. The molecular weight excluding hydrogens is 260 g/mol. The monoisotopic (exact) mass is 272 g/mol. The van der Waals surface area contributed by atoms with E-state index in [1.54, 1.807) is 18.2 Å². The molecule has 0 radical (unpaired) electrons. The van der Waals surface area contributed by atoms with E-state index in [1.165, 1.54) is 0 Å².